The number of hydrogen-bond acceptors (Lipinski definition) is 8. The van der Waals surface area contributed by atoms with Crippen LogP contribution in [0.3, 0.4) is 0 Å². The molecule has 1 heterocycles. The van der Waals surface area contributed by atoms with Crippen LogP contribution in [0.2, 0.25) is 0 Å². The zero-order valence-corrected chi connectivity index (χ0v) is 15.0. The van der Waals surface area contributed by atoms with Crippen molar-refractivity contribution in [2.24, 2.45) is 0 Å². The second-order valence-corrected chi connectivity index (χ2v) is 7.97. The summed E-state index contributed by atoms with van der Waals surface area (Å²) < 4.78 is 38.1. The van der Waals surface area contributed by atoms with Gasteiger partial charge in [0.05, 0.1) is 19.0 Å². The summed E-state index contributed by atoms with van der Waals surface area (Å²) in [5.74, 6) is 0. The Morgan fingerprint density at radius 3 is 2.46 bits per heavy atom. The summed E-state index contributed by atoms with van der Waals surface area (Å²) in [7, 11) is -3.63. The molecule has 0 aromatic rings. The molecule has 8 nitrogen and oxygen atoms in total. The molecule has 2 fully saturated rings. The molecule has 0 bridgehead atoms. The van der Waals surface area contributed by atoms with Gasteiger partial charge in [0.25, 0.3) is 10.1 Å². The van der Waals surface area contributed by atoms with Crippen molar-refractivity contribution in [2.75, 3.05) is 26.0 Å². The number of hydrogen-bond donors (Lipinski definition) is 1. The number of aliphatic hydroxyl groups excluding tert-OH is 1. The molecule has 9 heteroatoms. The van der Waals surface area contributed by atoms with Crippen molar-refractivity contribution < 1.29 is 32.0 Å². The van der Waals surface area contributed by atoms with E-state index < -0.39 is 28.5 Å². The topological polar surface area (TPSA) is 102 Å². The summed E-state index contributed by atoms with van der Waals surface area (Å²) in [4.78, 5) is 13.5. The largest absolute Gasteiger partial charge is 0.508 e. The first kappa shape index (κ1) is 19.4. The van der Waals surface area contributed by atoms with Crippen LogP contribution in [0.5, 0.6) is 0 Å². The summed E-state index contributed by atoms with van der Waals surface area (Å²) in [6.45, 7) is 3.32. The van der Waals surface area contributed by atoms with Crippen LogP contribution in [0.1, 0.15) is 39.0 Å². The van der Waals surface area contributed by atoms with Gasteiger partial charge in [0.15, 0.2) is 0 Å². The van der Waals surface area contributed by atoms with E-state index in [2.05, 4.69) is 4.90 Å². The van der Waals surface area contributed by atoms with E-state index in [-0.39, 0.29) is 18.8 Å². The number of carbonyl (C=O) groups is 1. The van der Waals surface area contributed by atoms with E-state index in [1.54, 1.807) is 6.92 Å². The Bertz CT molecular complexity index is 516. The van der Waals surface area contributed by atoms with E-state index >= 15 is 0 Å². The van der Waals surface area contributed by atoms with E-state index in [4.69, 9.17) is 13.7 Å². The zero-order valence-electron chi connectivity index (χ0n) is 14.2. The Kier molecular flexibility index (Phi) is 6.85. The molecule has 1 saturated carbocycles. The van der Waals surface area contributed by atoms with Crippen molar-refractivity contribution in [2.45, 2.75) is 63.4 Å². The van der Waals surface area contributed by atoms with Crippen LogP contribution >= 0.6 is 0 Å². The summed E-state index contributed by atoms with van der Waals surface area (Å²) in [5, 5.41) is 10.2. The van der Waals surface area contributed by atoms with Gasteiger partial charge in [-0.05, 0) is 39.0 Å². The minimum atomic E-state index is -3.63. The van der Waals surface area contributed by atoms with Gasteiger partial charge in [0.2, 0.25) is 0 Å². The number of rotatable bonds is 5. The summed E-state index contributed by atoms with van der Waals surface area (Å²) in [6, 6.07) is -0.146. The van der Waals surface area contributed by atoms with Crippen molar-refractivity contribution in [3.63, 3.8) is 0 Å². The van der Waals surface area contributed by atoms with Crippen LogP contribution < -0.4 is 0 Å². The Morgan fingerprint density at radius 2 is 1.88 bits per heavy atom. The molecule has 0 spiro atoms. The third-order valence-electron chi connectivity index (χ3n) is 4.51. The van der Waals surface area contributed by atoms with Crippen LogP contribution in [0.15, 0.2) is 0 Å². The fourth-order valence-electron chi connectivity index (χ4n) is 3.45. The Labute approximate surface area is 143 Å². The molecule has 0 radical (unpaired) electrons. The molecule has 1 aliphatic heterocycles. The SMILES string of the molecule is CCOC(=O)OC1CCN(C2CCCC(O)C2OS(C)(=O)=O)CC1. The number of nitrogens with zero attached hydrogens (tertiary/aromatic N) is 1. The van der Waals surface area contributed by atoms with Gasteiger partial charge in [-0.25, -0.2) is 4.79 Å². The van der Waals surface area contributed by atoms with Crippen molar-refractivity contribution in [1.29, 1.82) is 0 Å². The Hall–Kier alpha value is -0.900. The molecular formula is C15H27NO7S. The van der Waals surface area contributed by atoms with Crippen molar-refractivity contribution >= 4 is 16.3 Å². The number of carbonyl (C=O) groups excluding carboxylic acids is 1. The lowest BCUT2D eigenvalue weighted by molar-refractivity contribution is -0.0645. The van der Waals surface area contributed by atoms with E-state index in [0.29, 0.717) is 32.4 Å². The van der Waals surface area contributed by atoms with E-state index in [1.807, 2.05) is 0 Å². The molecule has 140 valence electrons. The van der Waals surface area contributed by atoms with E-state index in [0.717, 1.165) is 19.1 Å². The maximum Gasteiger partial charge on any atom is 0.508 e. The first-order valence-corrected chi connectivity index (χ1v) is 10.3. The van der Waals surface area contributed by atoms with Crippen molar-refractivity contribution in [1.82, 2.24) is 4.90 Å². The fourth-order valence-corrected chi connectivity index (χ4v) is 4.11. The Balaban J connectivity index is 1.92. The third-order valence-corrected chi connectivity index (χ3v) is 5.09. The van der Waals surface area contributed by atoms with Gasteiger partial charge in [-0.1, -0.05) is 0 Å². The van der Waals surface area contributed by atoms with Gasteiger partial charge < -0.3 is 14.6 Å². The van der Waals surface area contributed by atoms with E-state index in [9.17, 15) is 18.3 Å². The highest BCUT2D eigenvalue weighted by Gasteiger charge is 2.40. The Morgan fingerprint density at radius 1 is 1.21 bits per heavy atom. The standard InChI is InChI=1S/C15H27NO7S/c1-3-21-15(18)22-11-7-9-16(10-8-11)12-5-4-6-13(17)14(12)23-24(2,19)20/h11-14,17H,3-10H2,1-2H3. The fraction of sp³-hybridized carbons (Fsp3) is 0.933. The third kappa shape index (κ3) is 5.58. The highest BCUT2D eigenvalue weighted by atomic mass is 32.2. The molecule has 1 N–H and O–H groups in total. The summed E-state index contributed by atoms with van der Waals surface area (Å²) in [5.41, 5.74) is 0. The molecule has 1 saturated heterocycles. The van der Waals surface area contributed by atoms with Gasteiger partial charge in [-0.15, -0.1) is 0 Å². The number of likely N-dealkylation sites (tertiary alicyclic amines) is 1. The monoisotopic (exact) mass is 365 g/mol. The first-order chi connectivity index (χ1) is 11.3. The molecule has 0 aromatic carbocycles. The maximum absolute atomic E-state index is 11.5. The number of ether oxygens (including phenoxy) is 2. The average Bonchev–Trinajstić information content (AvgIpc) is 2.49. The maximum atomic E-state index is 11.5. The molecule has 3 atom stereocenters. The molecule has 0 amide bonds. The minimum absolute atomic E-state index is 0.146. The second kappa shape index (κ2) is 8.46. The lowest BCUT2D eigenvalue weighted by atomic mass is 9.88. The highest BCUT2D eigenvalue weighted by molar-refractivity contribution is 7.86. The molecule has 24 heavy (non-hydrogen) atoms. The normalized spacial score (nSPS) is 30.0. The molecule has 2 rings (SSSR count). The van der Waals surface area contributed by atoms with E-state index in [1.165, 1.54) is 0 Å². The molecule has 3 unspecified atom stereocenters. The first-order valence-electron chi connectivity index (χ1n) is 8.44. The van der Waals surface area contributed by atoms with Crippen LogP contribution in [-0.4, -0.2) is 74.9 Å². The molecular weight excluding hydrogens is 338 g/mol. The predicted molar refractivity (Wildman–Crippen MR) is 86.1 cm³/mol. The predicted octanol–water partition coefficient (Wildman–Crippen LogP) is 0.882. The lowest BCUT2D eigenvalue weighted by Gasteiger charge is -2.43. The second-order valence-electron chi connectivity index (χ2n) is 6.37. The van der Waals surface area contributed by atoms with Crippen LogP contribution in [0, 0.1) is 0 Å². The quantitative estimate of drug-likeness (QED) is 0.566. The van der Waals surface area contributed by atoms with Gasteiger partial charge >= 0.3 is 6.16 Å². The van der Waals surface area contributed by atoms with Gasteiger partial charge in [0.1, 0.15) is 12.2 Å². The van der Waals surface area contributed by atoms with Gasteiger partial charge in [-0.2, -0.15) is 8.42 Å². The zero-order chi connectivity index (χ0) is 17.7. The summed E-state index contributed by atoms with van der Waals surface area (Å²) in [6.07, 6.45) is 2.08. The molecule has 0 aromatic heterocycles. The smallest absolute Gasteiger partial charge is 0.435 e. The number of aliphatic hydroxyl groups is 1. The van der Waals surface area contributed by atoms with Crippen LogP contribution in [0.4, 0.5) is 4.79 Å². The minimum Gasteiger partial charge on any atom is -0.435 e. The van der Waals surface area contributed by atoms with Gasteiger partial charge in [0, 0.05) is 19.1 Å². The van der Waals surface area contributed by atoms with Crippen LogP contribution in [0.25, 0.3) is 0 Å². The lowest BCUT2D eigenvalue weighted by Crippen LogP contribution is -2.55. The molecule has 1 aliphatic carbocycles. The highest BCUT2D eigenvalue weighted by Crippen LogP contribution is 2.29. The van der Waals surface area contributed by atoms with Crippen molar-refractivity contribution in [3.8, 4) is 0 Å². The van der Waals surface area contributed by atoms with Gasteiger partial charge in [-0.3, -0.25) is 9.08 Å². The van der Waals surface area contributed by atoms with Crippen LogP contribution in [-0.2, 0) is 23.8 Å². The number of piperidine rings is 1. The van der Waals surface area contributed by atoms with Crippen molar-refractivity contribution in [3.05, 3.63) is 0 Å². The summed E-state index contributed by atoms with van der Waals surface area (Å²) >= 11 is 0. The average molecular weight is 365 g/mol. The molecule has 2 aliphatic rings.